The average Bonchev–Trinajstić information content (AvgIpc) is 2.22. The molecule has 0 spiro atoms. The fourth-order valence-corrected chi connectivity index (χ4v) is 2.09. The molecule has 0 saturated heterocycles. The van der Waals surface area contributed by atoms with Gasteiger partial charge in [-0.2, -0.15) is 0 Å². The number of likely N-dealkylation sites (N-methyl/N-ethyl adjacent to an activating group) is 1. The maximum Gasteiger partial charge on any atom is 0.0162 e. The molecule has 0 saturated carbocycles. The molecule has 1 nitrogen and oxygen atoms in total. The van der Waals surface area contributed by atoms with Crippen molar-refractivity contribution < 1.29 is 0 Å². The van der Waals surface area contributed by atoms with Crippen LogP contribution in [0.4, 0.5) is 0 Å². The van der Waals surface area contributed by atoms with Gasteiger partial charge in [-0.25, -0.2) is 0 Å². The zero-order valence-electron chi connectivity index (χ0n) is 11.8. The molecule has 0 amide bonds. The Morgan fingerprint density at radius 1 is 1.00 bits per heavy atom. The first-order chi connectivity index (χ1) is 7.28. The van der Waals surface area contributed by atoms with Crippen molar-refractivity contribution in [1.82, 2.24) is 5.32 Å². The summed E-state index contributed by atoms with van der Waals surface area (Å²) in [5, 5.41) is 3.38. The first-order valence-electron chi connectivity index (χ1n) is 6.03. The van der Waals surface area contributed by atoms with Crippen LogP contribution < -0.4 is 5.32 Å². The molecule has 1 heteroatoms. The van der Waals surface area contributed by atoms with Gasteiger partial charge in [0, 0.05) is 5.54 Å². The van der Waals surface area contributed by atoms with Crippen LogP contribution >= 0.6 is 0 Å². The third kappa shape index (κ3) is 2.65. The van der Waals surface area contributed by atoms with Crippen molar-refractivity contribution in [3.63, 3.8) is 0 Å². The van der Waals surface area contributed by atoms with E-state index < -0.39 is 0 Å². The van der Waals surface area contributed by atoms with E-state index in [4.69, 9.17) is 0 Å². The standard InChI is InChI=1S/C15H25N/c1-10-8-11(2)13(4)14(12(10)3)9-15(5,6)16-7/h8,16H,9H2,1-7H3. The molecule has 1 N–H and O–H groups in total. The fourth-order valence-electron chi connectivity index (χ4n) is 2.09. The summed E-state index contributed by atoms with van der Waals surface area (Å²) in [6.45, 7) is 13.4. The molecule has 0 aliphatic rings. The number of benzene rings is 1. The van der Waals surface area contributed by atoms with Crippen molar-refractivity contribution in [3.8, 4) is 0 Å². The van der Waals surface area contributed by atoms with Crippen LogP contribution in [-0.4, -0.2) is 12.6 Å². The predicted octanol–water partition coefficient (Wildman–Crippen LogP) is 3.46. The Labute approximate surface area is 100 Å². The highest BCUT2D eigenvalue weighted by Gasteiger charge is 2.19. The lowest BCUT2D eigenvalue weighted by molar-refractivity contribution is 0.420. The van der Waals surface area contributed by atoms with Crippen molar-refractivity contribution in [2.45, 2.75) is 53.5 Å². The number of hydrogen-bond donors (Lipinski definition) is 1. The molecule has 0 aliphatic carbocycles. The smallest absolute Gasteiger partial charge is 0.0162 e. The second-order valence-corrected chi connectivity index (χ2v) is 5.55. The third-order valence-electron chi connectivity index (χ3n) is 3.82. The molecule has 16 heavy (non-hydrogen) atoms. The van der Waals surface area contributed by atoms with Crippen LogP contribution in [0.15, 0.2) is 6.07 Å². The molecule has 1 rings (SSSR count). The highest BCUT2D eigenvalue weighted by Crippen LogP contribution is 2.25. The summed E-state index contributed by atoms with van der Waals surface area (Å²) in [5.74, 6) is 0. The summed E-state index contributed by atoms with van der Waals surface area (Å²) in [4.78, 5) is 0. The minimum atomic E-state index is 0.162. The summed E-state index contributed by atoms with van der Waals surface area (Å²) in [5.41, 5.74) is 7.39. The Balaban J connectivity index is 3.23. The van der Waals surface area contributed by atoms with Crippen LogP contribution in [0.5, 0.6) is 0 Å². The van der Waals surface area contributed by atoms with Gasteiger partial charge in [0.25, 0.3) is 0 Å². The van der Waals surface area contributed by atoms with Gasteiger partial charge in [-0.1, -0.05) is 6.07 Å². The fraction of sp³-hybridized carbons (Fsp3) is 0.600. The molecule has 0 unspecified atom stereocenters. The Morgan fingerprint density at radius 3 is 1.81 bits per heavy atom. The van der Waals surface area contributed by atoms with Crippen LogP contribution in [-0.2, 0) is 6.42 Å². The predicted molar refractivity (Wildman–Crippen MR) is 72.2 cm³/mol. The molecule has 0 bridgehead atoms. The molecule has 0 radical (unpaired) electrons. The molecule has 0 aromatic heterocycles. The molecule has 90 valence electrons. The van der Waals surface area contributed by atoms with Crippen molar-refractivity contribution in [3.05, 3.63) is 33.9 Å². The lowest BCUT2D eigenvalue weighted by Crippen LogP contribution is -2.38. The minimum absolute atomic E-state index is 0.162. The normalized spacial score (nSPS) is 11.9. The number of hydrogen-bond acceptors (Lipinski definition) is 1. The Kier molecular flexibility index (Phi) is 3.80. The Bertz CT molecular complexity index is 363. The maximum atomic E-state index is 3.38. The van der Waals surface area contributed by atoms with E-state index in [1.165, 1.54) is 27.8 Å². The molecular weight excluding hydrogens is 194 g/mol. The van der Waals surface area contributed by atoms with Gasteiger partial charge in [0.15, 0.2) is 0 Å². The number of rotatable bonds is 3. The molecule has 0 aliphatic heterocycles. The summed E-state index contributed by atoms with van der Waals surface area (Å²) in [7, 11) is 2.04. The quantitative estimate of drug-likeness (QED) is 0.821. The topological polar surface area (TPSA) is 12.0 Å². The summed E-state index contributed by atoms with van der Waals surface area (Å²) >= 11 is 0. The average molecular weight is 219 g/mol. The number of aryl methyl sites for hydroxylation is 2. The summed E-state index contributed by atoms with van der Waals surface area (Å²) in [6, 6.07) is 2.29. The monoisotopic (exact) mass is 219 g/mol. The largest absolute Gasteiger partial charge is 0.314 e. The first kappa shape index (κ1) is 13.2. The second kappa shape index (κ2) is 4.58. The van der Waals surface area contributed by atoms with E-state index in [-0.39, 0.29) is 5.54 Å². The van der Waals surface area contributed by atoms with Crippen molar-refractivity contribution >= 4 is 0 Å². The van der Waals surface area contributed by atoms with Crippen molar-refractivity contribution in [2.75, 3.05) is 7.05 Å². The molecule has 1 aromatic carbocycles. The zero-order chi connectivity index (χ0) is 12.5. The molecule has 0 heterocycles. The van der Waals surface area contributed by atoms with Gasteiger partial charge in [0.05, 0.1) is 0 Å². The third-order valence-corrected chi connectivity index (χ3v) is 3.82. The van der Waals surface area contributed by atoms with E-state index in [1.54, 1.807) is 0 Å². The molecular formula is C15H25N. The van der Waals surface area contributed by atoms with Crippen LogP contribution in [0, 0.1) is 27.7 Å². The van der Waals surface area contributed by atoms with E-state index in [2.05, 4.69) is 52.9 Å². The van der Waals surface area contributed by atoms with Gasteiger partial charge < -0.3 is 5.32 Å². The molecule has 0 atom stereocenters. The summed E-state index contributed by atoms with van der Waals surface area (Å²) < 4.78 is 0. The highest BCUT2D eigenvalue weighted by molar-refractivity contribution is 5.44. The lowest BCUT2D eigenvalue weighted by atomic mass is 9.86. The molecule has 1 aromatic rings. The number of nitrogens with one attached hydrogen (secondary N) is 1. The summed E-state index contributed by atoms with van der Waals surface area (Å²) in [6.07, 6.45) is 1.09. The maximum absolute atomic E-state index is 3.38. The van der Waals surface area contributed by atoms with E-state index >= 15 is 0 Å². The van der Waals surface area contributed by atoms with E-state index in [0.29, 0.717) is 0 Å². The zero-order valence-corrected chi connectivity index (χ0v) is 11.8. The van der Waals surface area contributed by atoms with Crippen LogP contribution in [0.3, 0.4) is 0 Å². The van der Waals surface area contributed by atoms with E-state index in [9.17, 15) is 0 Å². The highest BCUT2D eigenvalue weighted by atomic mass is 14.9. The van der Waals surface area contributed by atoms with Gasteiger partial charge in [0.1, 0.15) is 0 Å². The first-order valence-corrected chi connectivity index (χ1v) is 6.03. The van der Waals surface area contributed by atoms with Crippen LogP contribution in [0.1, 0.15) is 41.7 Å². The van der Waals surface area contributed by atoms with Gasteiger partial charge in [-0.3, -0.25) is 0 Å². The minimum Gasteiger partial charge on any atom is -0.314 e. The SMILES string of the molecule is CNC(C)(C)Cc1c(C)c(C)cc(C)c1C. The van der Waals surface area contributed by atoms with Gasteiger partial charge in [0.2, 0.25) is 0 Å². The van der Waals surface area contributed by atoms with Crippen LogP contribution in [0.25, 0.3) is 0 Å². The van der Waals surface area contributed by atoms with Crippen molar-refractivity contribution in [2.24, 2.45) is 0 Å². The Morgan fingerprint density at radius 2 is 1.44 bits per heavy atom. The van der Waals surface area contributed by atoms with Gasteiger partial charge in [-0.05, 0) is 82.8 Å². The second-order valence-electron chi connectivity index (χ2n) is 5.55. The Hall–Kier alpha value is -0.820. The van der Waals surface area contributed by atoms with Crippen molar-refractivity contribution in [1.29, 1.82) is 0 Å². The van der Waals surface area contributed by atoms with E-state index in [0.717, 1.165) is 6.42 Å². The lowest BCUT2D eigenvalue weighted by Gasteiger charge is -2.27. The van der Waals surface area contributed by atoms with Gasteiger partial charge in [-0.15, -0.1) is 0 Å². The van der Waals surface area contributed by atoms with Crippen LogP contribution in [0.2, 0.25) is 0 Å². The molecule has 0 fully saturated rings. The van der Waals surface area contributed by atoms with Gasteiger partial charge >= 0.3 is 0 Å². The van der Waals surface area contributed by atoms with E-state index in [1.807, 2.05) is 7.05 Å².